The van der Waals surface area contributed by atoms with Gasteiger partial charge in [-0.15, -0.1) is 0 Å². The van der Waals surface area contributed by atoms with E-state index < -0.39 is 48.8 Å². The van der Waals surface area contributed by atoms with E-state index in [4.69, 9.17) is 0 Å². The average Bonchev–Trinajstić information content (AvgIpc) is 2.13. The van der Waals surface area contributed by atoms with Gasteiger partial charge in [0.15, 0.2) is 0 Å². The number of carboxylic acid groups (broad SMARTS) is 4. The van der Waals surface area contributed by atoms with Crippen molar-refractivity contribution < 1.29 is 73.2 Å². The summed E-state index contributed by atoms with van der Waals surface area (Å²) in [6, 6.07) is -3.80. The minimum Gasteiger partial charge on any atom is -0.550 e. The van der Waals surface area contributed by atoms with E-state index in [1.807, 2.05) is 0 Å². The molecule has 0 aliphatic carbocycles. The second-order valence-corrected chi connectivity index (χ2v) is 3.06. The molecule has 0 spiro atoms. The van der Waals surface area contributed by atoms with Crippen LogP contribution in [-0.2, 0) is 52.7 Å². The maximum Gasteiger partial charge on any atom is 2.00 e. The first-order valence-corrected chi connectivity index (χ1v) is 4.31. The minimum atomic E-state index is -1.90. The molecule has 0 rings (SSSR count). The van der Waals surface area contributed by atoms with Crippen LogP contribution in [0.15, 0.2) is 0 Å². The van der Waals surface area contributed by atoms with Crippen LogP contribution < -0.4 is 25.7 Å². The first kappa shape index (κ1) is 23.0. The molecule has 11 heteroatoms. The summed E-state index contributed by atoms with van der Waals surface area (Å²) in [5.74, 6) is -7.34. The van der Waals surface area contributed by atoms with Crippen LogP contribution in [0.2, 0.25) is 0 Å². The predicted octanol–water partition coefficient (Wildman–Crippen LogP) is -6.91. The molecule has 0 amide bonds. The van der Waals surface area contributed by atoms with Crippen LogP contribution >= 0.6 is 0 Å². The third-order valence-electron chi connectivity index (χ3n) is 1.71. The molecule has 2 radical (unpaired) electrons. The van der Waals surface area contributed by atoms with Gasteiger partial charge in [-0.05, 0) is 0 Å². The molecule has 0 aliphatic heterocycles. The van der Waals surface area contributed by atoms with Gasteiger partial charge in [0.2, 0.25) is 0 Å². The zero-order valence-electron chi connectivity index (χ0n) is 9.00. The van der Waals surface area contributed by atoms with Gasteiger partial charge in [0, 0.05) is 24.8 Å². The van der Waals surface area contributed by atoms with Crippen LogP contribution in [0.3, 0.4) is 0 Å². The fourth-order valence-electron chi connectivity index (χ4n) is 0.997. The van der Waals surface area contributed by atoms with E-state index in [2.05, 4.69) is 0 Å². The molecule has 0 saturated heterocycles. The quantitative estimate of drug-likeness (QED) is 0.440. The van der Waals surface area contributed by atoms with Gasteiger partial charge in [0.25, 0.3) is 0 Å². The standard InChI is InChI=1S/C8H11NO8.2Co/c10-5(11)1-3(7(14)15)9-4(8(16)17)2-6(12)13;;/h3-4,9H,1-2H2,(H,10,11)(H,12,13)(H,14,15)(H,16,17);;/q;2*+2/p-4. The van der Waals surface area contributed by atoms with Crippen molar-refractivity contribution in [3.63, 3.8) is 0 Å². The molecule has 0 saturated carbocycles. The fourth-order valence-corrected chi connectivity index (χ4v) is 0.997. The van der Waals surface area contributed by atoms with E-state index in [0.29, 0.717) is 0 Å². The van der Waals surface area contributed by atoms with Gasteiger partial charge >= 0.3 is 33.6 Å². The molecule has 0 aromatic heterocycles. The van der Waals surface area contributed by atoms with Crippen LogP contribution in [-0.4, -0.2) is 36.0 Å². The number of carbonyl (C=O) groups excluding carboxylic acids is 4. The SMILES string of the molecule is O=C([O-])CC(NC(CC(=O)[O-])C(=O)[O-])C(=O)[O-].[Co+2].[Co+2]. The third-order valence-corrected chi connectivity index (χ3v) is 1.71. The zero-order chi connectivity index (χ0) is 13.6. The Balaban J connectivity index is -0.00000128. The molecule has 110 valence electrons. The molecular formula is C8H7Co2NO8. The number of hydrogen-bond donors (Lipinski definition) is 1. The molecule has 0 aliphatic rings. The monoisotopic (exact) mass is 363 g/mol. The third kappa shape index (κ3) is 10.5. The van der Waals surface area contributed by atoms with Crippen molar-refractivity contribution in [3.8, 4) is 0 Å². The molecule has 0 heterocycles. The van der Waals surface area contributed by atoms with Gasteiger partial charge in [-0.3, -0.25) is 0 Å². The molecule has 0 fully saturated rings. The van der Waals surface area contributed by atoms with Crippen molar-refractivity contribution in [3.05, 3.63) is 0 Å². The molecule has 19 heavy (non-hydrogen) atoms. The largest absolute Gasteiger partial charge is 2.00 e. The molecule has 1 N–H and O–H groups in total. The van der Waals surface area contributed by atoms with Crippen LogP contribution in [0, 0.1) is 0 Å². The van der Waals surface area contributed by atoms with E-state index in [0.717, 1.165) is 0 Å². The van der Waals surface area contributed by atoms with Crippen molar-refractivity contribution in [1.29, 1.82) is 0 Å². The Labute approximate surface area is 127 Å². The Morgan fingerprint density at radius 1 is 0.737 bits per heavy atom. The maximum absolute atomic E-state index is 10.4. The minimum absolute atomic E-state index is 0. The number of aliphatic carboxylic acids is 4. The smallest absolute Gasteiger partial charge is 0.550 e. The van der Waals surface area contributed by atoms with E-state index in [-0.39, 0.29) is 33.6 Å². The molecule has 0 aromatic carbocycles. The number of carbonyl (C=O) groups is 4. The average molecular weight is 363 g/mol. The van der Waals surface area contributed by atoms with E-state index in [9.17, 15) is 39.6 Å². The molecule has 0 aromatic rings. The Bertz CT molecular complexity index is 316. The van der Waals surface area contributed by atoms with Crippen LogP contribution in [0.25, 0.3) is 0 Å². The van der Waals surface area contributed by atoms with Gasteiger partial charge < -0.3 is 44.9 Å². The van der Waals surface area contributed by atoms with E-state index in [1.165, 1.54) is 0 Å². The topological polar surface area (TPSA) is 173 Å². The number of hydrogen-bond acceptors (Lipinski definition) is 9. The molecule has 2 unspecified atom stereocenters. The first-order chi connectivity index (χ1) is 7.73. The van der Waals surface area contributed by atoms with Crippen molar-refractivity contribution in [2.24, 2.45) is 0 Å². The second-order valence-electron chi connectivity index (χ2n) is 3.06. The summed E-state index contributed by atoms with van der Waals surface area (Å²) in [6.45, 7) is 0. The summed E-state index contributed by atoms with van der Waals surface area (Å²) in [5.41, 5.74) is 0. The summed E-state index contributed by atoms with van der Waals surface area (Å²) in [6.07, 6.45) is -2.14. The second kappa shape index (κ2) is 10.7. The van der Waals surface area contributed by atoms with E-state index >= 15 is 0 Å². The Morgan fingerprint density at radius 2 is 1.00 bits per heavy atom. The Morgan fingerprint density at radius 3 is 1.16 bits per heavy atom. The number of carboxylic acids is 4. The number of rotatable bonds is 8. The number of nitrogens with one attached hydrogen (secondary N) is 1. The van der Waals surface area contributed by atoms with Crippen molar-refractivity contribution >= 4 is 23.9 Å². The predicted molar refractivity (Wildman–Crippen MR) is 40.0 cm³/mol. The normalized spacial score (nSPS) is 12.2. The van der Waals surface area contributed by atoms with Crippen LogP contribution in [0.1, 0.15) is 12.8 Å². The Hall–Kier alpha value is -1.15. The van der Waals surface area contributed by atoms with Gasteiger partial charge in [-0.1, -0.05) is 0 Å². The summed E-state index contributed by atoms with van der Waals surface area (Å²) in [5, 5.41) is 42.9. The fraction of sp³-hybridized carbons (Fsp3) is 0.500. The summed E-state index contributed by atoms with van der Waals surface area (Å²) < 4.78 is 0. The van der Waals surface area contributed by atoms with Crippen molar-refractivity contribution in [2.75, 3.05) is 0 Å². The van der Waals surface area contributed by atoms with Gasteiger partial charge in [0.05, 0.1) is 24.0 Å². The van der Waals surface area contributed by atoms with Crippen molar-refractivity contribution in [1.82, 2.24) is 5.32 Å². The van der Waals surface area contributed by atoms with Crippen LogP contribution in [0.5, 0.6) is 0 Å². The molecule has 0 bridgehead atoms. The zero-order valence-corrected chi connectivity index (χ0v) is 11.1. The molecule has 2 atom stereocenters. The maximum atomic E-state index is 10.4. The van der Waals surface area contributed by atoms with E-state index in [1.54, 1.807) is 5.32 Å². The Kier molecular flexibility index (Phi) is 13.0. The summed E-state index contributed by atoms with van der Waals surface area (Å²) in [4.78, 5) is 41.2. The van der Waals surface area contributed by atoms with Gasteiger partial charge in [0.1, 0.15) is 0 Å². The van der Waals surface area contributed by atoms with Gasteiger partial charge in [-0.2, -0.15) is 0 Å². The van der Waals surface area contributed by atoms with Crippen LogP contribution in [0.4, 0.5) is 0 Å². The van der Waals surface area contributed by atoms with Gasteiger partial charge in [-0.25, -0.2) is 0 Å². The molecule has 9 nitrogen and oxygen atoms in total. The first-order valence-electron chi connectivity index (χ1n) is 4.31. The molecular weight excluding hydrogens is 356 g/mol. The van der Waals surface area contributed by atoms with Crippen molar-refractivity contribution in [2.45, 2.75) is 24.9 Å². The summed E-state index contributed by atoms with van der Waals surface area (Å²) in [7, 11) is 0. The summed E-state index contributed by atoms with van der Waals surface area (Å²) >= 11 is 0.